The largest absolute Gasteiger partial charge is 0.425 e. The lowest BCUT2D eigenvalue weighted by Gasteiger charge is -2.64. The van der Waals surface area contributed by atoms with E-state index in [4.69, 9.17) is 16.0 Å². The third kappa shape index (κ3) is 1.85. The summed E-state index contributed by atoms with van der Waals surface area (Å²) in [6.45, 7) is 4.95. The van der Waals surface area contributed by atoms with Gasteiger partial charge in [0.1, 0.15) is 0 Å². The summed E-state index contributed by atoms with van der Waals surface area (Å²) in [4.78, 5) is 0. The molecule has 0 radical (unpaired) electrons. The van der Waals surface area contributed by atoms with Crippen molar-refractivity contribution in [1.82, 2.24) is 10.2 Å². The molecule has 0 aromatic carbocycles. The standard InChI is InChI=1S/C16H23ClN2O/c1-14-5-11-6-15(2,8-14)10-16(7-11,9-14)13-19-18-12(20-13)3-4-17/h11H,3-10H2,1-2H3. The summed E-state index contributed by atoms with van der Waals surface area (Å²) in [7, 11) is 0. The number of alkyl halides is 1. The first-order valence-electron chi connectivity index (χ1n) is 7.83. The molecule has 4 fully saturated rings. The van der Waals surface area contributed by atoms with Gasteiger partial charge in [-0.1, -0.05) is 13.8 Å². The van der Waals surface area contributed by atoms with Gasteiger partial charge in [-0.25, -0.2) is 0 Å². The van der Waals surface area contributed by atoms with E-state index in [9.17, 15) is 0 Å². The Labute approximate surface area is 125 Å². The number of hydrogen-bond donors (Lipinski definition) is 0. The van der Waals surface area contributed by atoms with Crippen molar-refractivity contribution in [3.8, 4) is 0 Å². The minimum Gasteiger partial charge on any atom is -0.425 e. The Morgan fingerprint density at radius 2 is 1.80 bits per heavy atom. The maximum atomic E-state index is 5.99. The summed E-state index contributed by atoms with van der Waals surface area (Å²) in [6, 6.07) is 0. The predicted molar refractivity (Wildman–Crippen MR) is 77.8 cm³/mol. The third-order valence-electron chi connectivity index (χ3n) is 5.86. The van der Waals surface area contributed by atoms with Gasteiger partial charge in [-0.15, -0.1) is 21.8 Å². The molecule has 4 heteroatoms. The van der Waals surface area contributed by atoms with Gasteiger partial charge < -0.3 is 4.42 Å². The molecular weight excluding hydrogens is 272 g/mol. The fourth-order valence-corrected chi connectivity index (χ4v) is 6.50. The van der Waals surface area contributed by atoms with Crippen molar-refractivity contribution in [3.05, 3.63) is 11.8 Å². The van der Waals surface area contributed by atoms with E-state index in [1.807, 2.05) is 0 Å². The first-order valence-corrected chi connectivity index (χ1v) is 8.37. The van der Waals surface area contributed by atoms with Gasteiger partial charge in [-0.2, -0.15) is 0 Å². The van der Waals surface area contributed by atoms with E-state index in [1.54, 1.807) is 0 Å². The molecular formula is C16H23ClN2O. The SMILES string of the molecule is CC12CC3CC(C)(C1)CC(c1nnc(CCCl)o1)(C3)C2. The predicted octanol–water partition coefficient (Wildman–Crippen LogP) is 4.10. The minimum absolute atomic E-state index is 0.153. The molecule has 20 heavy (non-hydrogen) atoms. The van der Waals surface area contributed by atoms with E-state index in [0.717, 1.165) is 11.8 Å². The summed E-state index contributed by atoms with van der Waals surface area (Å²) in [6.07, 6.45) is 8.56. The van der Waals surface area contributed by atoms with Crippen LogP contribution in [0.1, 0.15) is 64.2 Å². The molecule has 4 saturated carbocycles. The highest BCUT2D eigenvalue weighted by molar-refractivity contribution is 6.17. The van der Waals surface area contributed by atoms with Crippen LogP contribution < -0.4 is 0 Å². The summed E-state index contributed by atoms with van der Waals surface area (Å²) < 4.78 is 5.99. The number of hydrogen-bond acceptors (Lipinski definition) is 3. The van der Waals surface area contributed by atoms with Crippen LogP contribution in [-0.4, -0.2) is 16.1 Å². The summed E-state index contributed by atoms with van der Waals surface area (Å²) in [5.74, 6) is 3.01. The van der Waals surface area contributed by atoms with Crippen molar-refractivity contribution in [3.63, 3.8) is 0 Å². The lowest BCUT2D eigenvalue weighted by molar-refractivity contribution is -0.117. The molecule has 0 N–H and O–H groups in total. The molecule has 1 aromatic rings. The minimum atomic E-state index is 0.153. The number of rotatable bonds is 3. The smallest absolute Gasteiger partial charge is 0.222 e. The van der Waals surface area contributed by atoms with Gasteiger partial charge in [0.2, 0.25) is 11.8 Å². The van der Waals surface area contributed by atoms with Gasteiger partial charge >= 0.3 is 0 Å². The summed E-state index contributed by atoms with van der Waals surface area (Å²) in [5.41, 5.74) is 1.12. The Kier molecular flexibility index (Phi) is 2.62. The van der Waals surface area contributed by atoms with E-state index in [2.05, 4.69) is 24.0 Å². The topological polar surface area (TPSA) is 38.9 Å². The highest BCUT2D eigenvalue weighted by Crippen LogP contribution is 2.69. The molecule has 0 amide bonds. The van der Waals surface area contributed by atoms with Gasteiger partial charge in [0, 0.05) is 17.7 Å². The zero-order chi connectivity index (χ0) is 14.0. The molecule has 1 aromatic heterocycles. The fourth-order valence-electron chi connectivity index (χ4n) is 6.34. The Hall–Kier alpha value is -0.570. The number of halogens is 1. The second-order valence-electron chi connectivity index (χ2n) is 8.35. The first kappa shape index (κ1) is 13.1. The molecule has 110 valence electrons. The van der Waals surface area contributed by atoms with Crippen molar-refractivity contribution in [2.45, 2.75) is 64.2 Å². The maximum absolute atomic E-state index is 5.99. The van der Waals surface area contributed by atoms with Crippen LogP contribution in [0.25, 0.3) is 0 Å². The normalized spacial score (nSPS) is 46.0. The van der Waals surface area contributed by atoms with E-state index < -0.39 is 0 Å². The molecule has 4 bridgehead atoms. The molecule has 4 aliphatic carbocycles. The van der Waals surface area contributed by atoms with Crippen LogP contribution in [0.5, 0.6) is 0 Å². The van der Waals surface area contributed by atoms with Gasteiger partial charge in [0.15, 0.2) is 0 Å². The van der Waals surface area contributed by atoms with Gasteiger partial charge in [-0.05, 0) is 55.3 Å². The molecule has 0 saturated heterocycles. The van der Waals surface area contributed by atoms with Crippen LogP contribution in [-0.2, 0) is 11.8 Å². The summed E-state index contributed by atoms with van der Waals surface area (Å²) in [5, 5.41) is 8.62. The molecule has 3 nitrogen and oxygen atoms in total. The van der Waals surface area contributed by atoms with Gasteiger partial charge in [0.25, 0.3) is 0 Å². The van der Waals surface area contributed by atoms with Crippen LogP contribution in [0.3, 0.4) is 0 Å². The molecule has 2 atom stereocenters. The highest BCUT2D eigenvalue weighted by Gasteiger charge is 2.62. The average molecular weight is 295 g/mol. The van der Waals surface area contributed by atoms with Crippen LogP contribution in [0.4, 0.5) is 0 Å². The quantitative estimate of drug-likeness (QED) is 0.788. The maximum Gasteiger partial charge on any atom is 0.222 e. The monoisotopic (exact) mass is 294 g/mol. The average Bonchev–Trinajstić information content (AvgIpc) is 2.73. The van der Waals surface area contributed by atoms with E-state index >= 15 is 0 Å². The number of aromatic nitrogens is 2. The van der Waals surface area contributed by atoms with Crippen LogP contribution in [0.2, 0.25) is 0 Å². The zero-order valence-corrected chi connectivity index (χ0v) is 13.2. The van der Waals surface area contributed by atoms with Crippen molar-refractivity contribution in [2.24, 2.45) is 16.7 Å². The van der Waals surface area contributed by atoms with Crippen molar-refractivity contribution >= 4 is 11.6 Å². The molecule has 2 unspecified atom stereocenters. The van der Waals surface area contributed by atoms with Gasteiger partial charge in [-0.3, -0.25) is 0 Å². The van der Waals surface area contributed by atoms with Crippen LogP contribution in [0.15, 0.2) is 4.42 Å². The van der Waals surface area contributed by atoms with E-state index in [0.29, 0.717) is 29.0 Å². The van der Waals surface area contributed by atoms with Crippen LogP contribution in [0, 0.1) is 16.7 Å². The van der Waals surface area contributed by atoms with Gasteiger partial charge in [0.05, 0.1) is 0 Å². The highest BCUT2D eigenvalue weighted by atomic mass is 35.5. The van der Waals surface area contributed by atoms with E-state index in [1.165, 1.54) is 38.5 Å². The van der Waals surface area contributed by atoms with E-state index in [-0.39, 0.29) is 5.41 Å². The molecule has 0 aliphatic heterocycles. The molecule has 4 aliphatic rings. The third-order valence-corrected chi connectivity index (χ3v) is 6.04. The Bertz CT molecular complexity index is 522. The van der Waals surface area contributed by atoms with Crippen LogP contribution >= 0.6 is 11.6 Å². The fraction of sp³-hybridized carbons (Fsp3) is 0.875. The lowest BCUT2D eigenvalue weighted by Crippen LogP contribution is -2.57. The number of nitrogens with zero attached hydrogens (tertiary/aromatic N) is 2. The second kappa shape index (κ2) is 4.00. The Balaban J connectivity index is 1.72. The molecule has 0 spiro atoms. The molecule has 1 heterocycles. The first-order chi connectivity index (χ1) is 9.44. The van der Waals surface area contributed by atoms with Crippen molar-refractivity contribution < 1.29 is 4.42 Å². The molecule has 5 rings (SSSR count). The Morgan fingerprint density at radius 3 is 2.40 bits per heavy atom. The lowest BCUT2D eigenvalue weighted by atomic mass is 9.40. The second-order valence-corrected chi connectivity index (χ2v) is 8.73. The van der Waals surface area contributed by atoms with Crippen molar-refractivity contribution in [1.29, 1.82) is 0 Å². The number of aryl methyl sites for hydroxylation is 1. The summed E-state index contributed by atoms with van der Waals surface area (Å²) >= 11 is 5.78. The Morgan fingerprint density at radius 1 is 1.10 bits per heavy atom. The van der Waals surface area contributed by atoms with Crippen molar-refractivity contribution in [2.75, 3.05) is 5.88 Å². The zero-order valence-electron chi connectivity index (χ0n) is 12.4.